The Hall–Kier alpha value is -1.90. The average Bonchev–Trinajstić information content (AvgIpc) is 2.77. The summed E-state index contributed by atoms with van der Waals surface area (Å²) in [6.45, 7) is 2.24. The third-order valence-electron chi connectivity index (χ3n) is 6.10. The highest BCUT2D eigenvalue weighted by molar-refractivity contribution is 5.83. The van der Waals surface area contributed by atoms with Crippen LogP contribution in [0.2, 0.25) is 0 Å². The minimum absolute atomic E-state index is 0.389. The van der Waals surface area contributed by atoms with Gasteiger partial charge in [-0.15, -0.1) is 0 Å². The van der Waals surface area contributed by atoms with Gasteiger partial charge in [-0.1, -0.05) is 93.3 Å². The zero-order valence-corrected chi connectivity index (χ0v) is 17.6. The zero-order valence-electron chi connectivity index (χ0n) is 17.6. The first-order chi connectivity index (χ1) is 13.8. The highest BCUT2D eigenvalue weighted by Crippen LogP contribution is 2.45. The van der Waals surface area contributed by atoms with Gasteiger partial charge in [0.2, 0.25) is 0 Å². The van der Waals surface area contributed by atoms with Crippen LogP contribution < -0.4 is 0 Å². The fourth-order valence-corrected chi connectivity index (χ4v) is 4.84. The maximum Gasteiger partial charge on any atom is 0.193 e. The van der Waals surface area contributed by atoms with Gasteiger partial charge in [0.15, 0.2) is 5.79 Å². The minimum Gasteiger partial charge on any atom is -0.349 e. The van der Waals surface area contributed by atoms with Gasteiger partial charge in [-0.25, -0.2) is 0 Å². The van der Waals surface area contributed by atoms with Crippen molar-refractivity contribution in [2.24, 2.45) is 5.92 Å². The van der Waals surface area contributed by atoms with Gasteiger partial charge in [-0.3, -0.25) is 0 Å². The van der Waals surface area contributed by atoms with Crippen molar-refractivity contribution < 1.29 is 9.47 Å². The van der Waals surface area contributed by atoms with Crippen molar-refractivity contribution in [3.05, 3.63) is 77.4 Å². The molecule has 0 saturated heterocycles. The number of benzene rings is 2. The molecule has 0 amide bonds. The van der Waals surface area contributed by atoms with Gasteiger partial charge in [0, 0.05) is 20.1 Å². The number of rotatable bonds is 8. The quantitative estimate of drug-likeness (QED) is 0.467. The van der Waals surface area contributed by atoms with Gasteiger partial charge in [-0.05, 0) is 41.5 Å². The van der Waals surface area contributed by atoms with Crippen molar-refractivity contribution >= 4 is 5.57 Å². The summed E-state index contributed by atoms with van der Waals surface area (Å²) in [6.07, 6.45) is 8.15. The molecule has 0 heterocycles. The van der Waals surface area contributed by atoms with Gasteiger partial charge >= 0.3 is 0 Å². The van der Waals surface area contributed by atoms with E-state index in [2.05, 4.69) is 67.6 Å². The summed E-state index contributed by atoms with van der Waals surface area (Å²) in [6, 6.07) is 21.4. The summed E-state index contributed by atoms with van der Waals surface area (Å²) in [5, 5.41) is 0. The number of hydrogen-bond acceptors (Lipinski definition) is 2. The molecule has 0 radical (unpaired) electrons. The maximum atomic E-state index is 6.29. The normalized spacial score (nSPS) is 15.4. The van der Waals surface area contributed by atoms with E-state index in [0.29, 0.717) is 5.92 Å². The van der Waals surface area contributed by atoms with Crippen LogP contribution in [0.3, 0.4) is 0 Å². The maximum absolute atomic E-state index is 6.29. The molecule has 2 aromatic rings. The van der Waals surface area contributed by atoms with Gasteiger partial charge < -0.3 is 9.47 Å². The van der Waals surface area contributed by atoms with Crippen molar-refractivity contribution in [3.63, 3.8) is 0 Å². The van der Waals surface area contributed by atoms with Crippen LogP contribution in [0, 0.1) is 5.92 Å². The second-order valence-corrected chi connectivity index (χ2v) is 7.75. The smallest absolute Gasteiger partial charge is 0.193 e. The van der Waals surface area contributed by atoms with Gasteiger partial charge in [0.25, 0.3) is 0 Å². The average molecular weight is 379 g/mol. The lowest BCUT2D eigenvalue weighted by Gasteiger charge is -2.43. The van der Waals surface area contributed by atoms with E-state index in [0.717, 1.165) is 25.7 Å². The van der Waals surface area contributed by atoms with Crippen LogP contribution in [-0.4, -0.2) is 20.0 Å². The second kappa shape index (κ2) is 10.0. The third-order valence-corrected chi connectivity index (χ3v) is 6.10. The summed E-state index contributed by atoms with van der Waals surface area (Å²) in [7, 11) is 3.64. The Morgan fingerprint density at radius 2 is 1.32 bits per heavy atom. The minimum atomic E-state index is -0.669. The van der Waals surface area contributed by atoms with Crippen molar-refractivity contribution in [2.75, 3.05) is 14.2 Å². The Bertz CT molecular complexity index is 697. The molecule has 0 spiro atoms. The number of hydrogen-bond donors (Lipinski definition) is 0. The molecule has 1 aliphatic rings. The summed E-state index contributed by atoms with van der Waals surface area (Å²) >= 11 is 0. The molecule has 0 atom stereocenters. The first-order valence-electron chi connectivity index (χ1n) is 10.7. The summed E-state index contributed by atoms with van der Waals surface area (Å²) in [5.41, 5.74) is 5.00. The first-order valence-corrected chi connectivity index (χ1v) is 10.7. The lowest BCUT2D eigenvalue weighted by molar-refractivity contribution is -0.219. The molecule has 1 aliphatic carbocycles. The molecule has 0 aromatic heterocycles. The van der Waals surface area contributed by atoms with E-state index in [4.69, 9.17) is 9.47 Å². The van der Waals surface area contributed by atoms with Crippen LogP contribution in [0.25, 0.3) is 5.57 Å². The van der Waals surface area contributed by atoms with Crippen LogP contribution in [0.5, 0.6) is 0 Å². The molecule has 1 saturated carbocycles. The number of ether oxygens (including phenoxy) is 2. The molecule has 0 N–H and O–H groups in total. The zero-order chi connectivity index (χ0) is 19.8. The van der Waals surface area contributed by atoms with Crippen LogP contribution in [0.15, 0.2) is 66.2 Å². The van der Waals surface area contributed by atoms with Crippen LogP contribution in [-0.2, 0) is 9.47 Å². The molecular formula is C26H34O2. The molecule has 1 fully saturated rings. The van der Waals surface area contributed by atoms with E-state index in [1.54, 1.807) is 0 Å². The van der Waals surface area contributed by atoms with Gasteiger partial charge in [0.05, 0.1) is 0 Å². The predicted molar refractivity (Wildman–Crippen MR) is 117 cm³/mol. The molecule has 2 nitrogen and oxygen atoms in total. The molecule has 2 heteroatoms. The van der Waals surface area contributed by atoms with E-state index >= 15 is 0 Å². The largest absolute Gasteiger partial charge is 0.349 e. The molecule has 0 unspecified atom stereocenters. The monoisotopic (exact) mass is 378 g/mol. The highest BCUT2D eigenvalue weighted by Gasteiger charge is 2.44. The molecule has 0 bridgehead atoms. The fraction of sp³-hybridized carbons (Fsp3) is 0.462. The topological polar surface area (TPSA) is 18.5 Å². The van der Waals surface area contributed by atoms with Gasteiger partial charge in [-0.2, -0.15) is 0 Å². The van der Waals surface area contributed by atoms with E-state index in [1.807, 2.05) is 14.2 Å². The lowest BCUT2D eigenvalue weighted by Crippen LogP contribution is -2.45. The van der Waals surface area contributed by atoms with E-state index in [1.165, 1.54) is 41.5 Å². The van der Waals surface area contributed by atoms with Crippen molar-refractivity contribution in [3.8, 4) is 0 Å². The van der Waals surface area contributed by atoms with Crippen LogP contribution in [0.1, 0.15) is 63.0 Å². The van der Waals surface area contributed by atoms with Crippen LogP contribution in [0.4, 0.5) is 0 Å². The summed E-state index contributed by atoms with van der Waals surface area (Å²) in [4.78, 5) is 0. The highest BCUT2D eigenvalue weighted by atomic mass is 16.7. The van der Waals surface area contributed by atoms with Crippen molar-refractivity contribution in [2.45, 2.75) is 57.7 Å². The first kappa shape index (κ1) is 20.8. The Morgan fingerprint density at radius 1 is 0.821 bits per heavy atom. The van der Waals surface area contributed by atoms with Crippen LogP contribution >= 0.6 is 0 Å². The Labute approximate surface area is 170 Å². The summed E-state index contributed by atoms with van der Waals surface area (Å²) in [5.74, 6) is -0.280. The van der Waals surface area contributed by atoms with E-state index in [9.17, 15) is 0 Å². The molecular weight excluding hydrogens is 344 g/mol. The Balaban J connectivity index is 2.26. The van der Waals surface area contributed by atoms with Crippen molar-refractivity contribution in [1.29, 1.82) is 0 Å². The Kier molecular flexibility index (Phi) is 7.47. The molecule has 28 heavy (non-hydrogen) atoms. The lowest BCUT2D eigenvalue weighted by atomic mass is 9.75. The molecule has 0 aliphatic heterocycles. The third kappa shape index (κ3) is 4.24. The fourth-order valence-electron chi connectivity index (χ4n) is 4.84. The summed E-state index contributed by atoms with van der Waals surface area (Å²) < 4.78 is 12.6. The number of methoxy groups -OCH3 is 2. The van der Waals surface area contributed by atoms with E-state index in [-0.39, 0.29) is 0 Å². The second-order valence-electron chi connectivity index (χ2n) is 7.75. The predicted octanol–water partition coefficient (Wildman–Crippen LogP) is 6.86. The van der Waals surface area contributed by atoms with Crippen molar-refractivity contribution in [1.82, 2.24) is 0 Å². The standard InChI is InChI=1S/C26H34O2/c1-4-14-24(26(27-2,28-3)23-19-12-7-13-20-23)25(21-15-8-5-9-16-21)22-17-10-6-11-18-22/h5-6,8-11,15-18,23H,4,7,12-14,19-20H2,1-3H3. The Morgan fingerprint density at radius 3 is 1.75 bits per heavy atom. The molecule has 2 aromatic carbocycles. The van der Waals surface area contributed by atoms with Gasteiger partial charge in [0.1, 0.15) is 0 Å². The molecule has 3 rings (SSSR count). The van der Waals surface area contributed by atoms with E-state index < -0.39 is 5.79 Å². The SMILES string of the molecule is CCCC(=C(c1ccccc1)c1ccccc1)C(OC)(OC)C1CCCCC1. The molecule has 150 valence electrons.